The largest absolute Gasteiger partial charge is 0.495 e. The summed E-state index contributed by atoms with van der Waals surface area (Å²) in [5, 5.41) is 3.75. The smallest absolute Gasteiger partial charge is 0.274 e. The number of carbonyl (C=O) groups excluding carboxylic acids is 1. The summed E-state index contributed by atoms with van der Waals surface area (Å²) in [5.41, 5.74) is 4.19. The van der Waals surface area contributed by atoms with E-state index in [4.69, 9.17) is 4.74 Å². The minimum atomic E-state index is 0.00808. The number of hydrogen-bond donors (Lipinski definition) is 1. The van der Waals surface area contributed by atoms with E-state index in [2.05, 4.69) is 34.6 Å². The number of benzene rings is 1. The molecular weight excluding hydrogens is 352 g/mol. The molecule has 1 N–H and O–H groups in total. The van der Waals surface area contributed by atoms with Crippen LogP contribution in [0.3, 0.4) is 0 Å². The first kappa shape index (κ1) is 17.3. The van der Waals surface area contributed by atoms with E-state index in [0.717, 1.165) is 50.3 Å². The number of likely N-dealkylation sites (tertiary alicyclic amines) is 1. The molecule has 3 aromatic rings. The van der Waals surface area contributed by atoms with E-state index in [1.54, 1.807) is 13.3 Å². The van der Waals surface area contributed by atoms with Gasteiger partial charge >= 0.3 is 0 Å². The Labute approximate surface area is 164 Å². The molecule has 2 aromatic heterocycles. The summed E-state index contributed by atoms with van der Waals surface area (Å²) in [4.78, 5) is 19.4. The molecule has 6 heteroatoms. The van der Waals surface area contributed by atoms with Crippen molar-refractivity contribution >= 4 is 11.6 Å². The number of amides is 1. The zero-order chi connectivity index (χ0) is 19.1. The first-order valence-electron chi connectivity index (χ1n) is 9.80. The zero-order valence-corrected chi connectivity index (χ0v) is 16.0. The van der Waals surface area contributed by atoms with Gasteiger partial charge in [0.2, 0.25) is 0 Å². The van der Waals surface area contributed by atoms with Crippen molar-refractivity contribution in [1.29, 1.82) is 0 Å². The molecule has 2 aliphatic rings. The van der Waals surface area contributed by atoms with E-state index in [-0.39, 0.29) is 11.4 Å². The first-order valence-corrected chi connectivity index (χ1v) is 9.80. The number of pyridine rings is 1. The lowest BCUT2D eigenvalue weighted by molar-refractivity contribution is 0.0626. The SMILES string of the molecule is COc1ccc2nc(C(=O)N3CCC4(CC3)Cc3ccccc3CN4)cn2c1. The second-order valence-corrected chi connectivity index (χ2v) is 7.83. The lowest BCUT2D eigenvalue weighted by Gasteiger charge is -2.45. The summed E-state index contributed by atoms with van der Waals surface area (Å²) >= 11 is 0. The molecule has 5 rings (SSSR count). The van der Waals surface area contributed by atoms with Crippen molar-refractivity contribution in [2.24, 2.45) is 0 Å². The van der Waals surface area contributed by atoms with Crippen molar-refractivity contribution < 1.29 is 9.53 Å². The number of nitrogens with zero attached hydrogens (tertiary/aromatic N) is 3. The predicted molar refractivity (Wildman–Crippen MR) is 107 cm³/mol. The lowest BCUT2D eigenvalue weighted by atomic mass is 9.78. The van der Waals surface area contributed by atoms with Crippen LogP contribution in [0.25, 0.3) is 5.65 Å². The van der Waals surface area contributed by atoms with Gasteiger partial charge in [0, 0.05) is 31.4 Å². The Balaban J connectivity index is 1.30. The molecule has 144 valence electrons. The average molecular weight is 376 g/mol. The molecule has 1 aromatic carbocycles. The summed E-state index contributed by atoms with van der Waals surface area (Å²) in [6.07, 6.45) is 6.61. The van der Waals surface area contributed by atoms with Gasteiger partial charge < -0.3 is 19.4 Å². The second-order valence-electron chi connectivity index (χ2n) is 7.83. The Kier molecular flexibility index (Phi) is 4.09. The van der Waals surface area contributed by atoms with Crippen LogP contribution in [0.2, 0.25) is 0 Å². The number of piperidine rings is 1. The number of hydrogen-bond acceptors (Lipinski definition) is 4. The molecule has 1 saturated heterocycles. The van der Waals surface area contributed by atoms with E-state index in [1.807, 2.05) is 27.6 Å². The van der Waals surface area contributed by atoms with Crippen LogP contribution in [0.5, 0.6) is 5.75 Å². The highest BCUT2D eigenvalue weighted by molar-refractivity contribution is 5.93. The predicted octanol–water partition coefficient (Wildman–Crippen LogP) is 2.66. The maximum Gasteiger partial charge on any atom is 0.274 e. The van der Waals surface area contributed by atoms with Gasteiger partial charge in [0.15, 0.2) is 0 Å². The summed E-state index contributed by atoms with van der Waals surface area (Å²) in [6.45, 7) is 2.43. The van der Waals surface area contributed by atoms with Crippen LogP contribution in [-0.2, 0) is 13.0 Å². The highest BCUT2D eigenvalue weighted by atomic mass is 16.5. The Bertz CT molecular complexity index is 1030. The highest BCUT2D eigenvalue weighted by Crippen LogP contribution is 2.32. The number of rotatable bonds is 2. The summed E-state index contributed by atoms with van der Waals surface area (Å²) in [5.74, 6) is 0.751. The van der Waals surface area contributed by atoms with Crippen molar-refractivity contribution in [2.75, 3.05) is 20.2 Å². The zero-order valence-electron chi connectivity index (χ0n) is 16.0. The highest BCUT2D eigenvalue weighted by Gasteiger charge is 2.38. The molecule has 0 radical (unpaired) electrons. The van der Waals surface area contributed by atoms with Crippen molar-refractivity contribution in [1.82, 2.24) is 19.6 Å². The Hall–Kier alpha value is -2.86. The number of aromatic nitrogens is 2. The van der Waals surface area contributed by atoms with Crippen LogP contribution in [-0.4, -0.2) is 45.9 Å². The maximum absolute atomic E-state index is 13.0. The van der Waals surface area contributed by atoms with Gasteiger partial charge in [-0.3, -0.25) is 4.79 Å². The summed E-state index contributed by atoms with van der Waals surface area (Å²) in [6, 6.07) is 12.4. The molecule has 2 aliphatic heterocycles. The Morgan fingerprint density at radius 3 is 2.68 bits per heavy atom. The van der Waals surface area contributed by atoms with Crippen LogP contribution < -0.4 is 10.1 Å². The fourth-order valence-electron chi connectivity index (χ4n) is 4.46. The Morgan fingerprint density at radius 2 is 1.89 bits per heavy atom. The lowest BCUT2D eigenvalue weighted by Crippen LogP contribution is -2.57. The minimum Gasteiger partial charge on any atom is -0.495 e. The number of ether oxygens (including phenoxy) is 1. The van der Waals surface area contributed by atoms with Gasteiger partial charge in [-0.05, 0) is 42.5 Å². The van der Waals surface area contributed by atoms with Gasteiger partial charge in [0.1, 0.15) is 17.1 Å². The van der Waals surface area contributed by atoms with Crippen molar-refractivity contribution in [2.45, 2.75) is 31.3 Å². The van der Waals surface area contributed by atoms with Crippen LogP contribution in [0.15, 0.2) is 48.8 Å². The van der Waals surface area contributed by atoms with Crippen LogP contribution >= 0.6 is 0 Å². The summed E-state index contributed by atoms with van der Waals surface area (Å²) < 4.78 is 7.09. The van der Waals surface area contributed by atoms with Gasteiger partial charge in [-0.25, -0.2) is 4.98 Å². The van der Waals surface area contributed by atoms with Gasteiger partial charge in [-0.15, -0.1) is 0 Å². The fraction of sp³-hybridized carbons (Fsp3) is 0.364. The quantitative estimate of drug-likeness (QED) is 0.747. The minimum absolute atomic E-state index is 0.00808. The van der Waals surface area contributed by atoms with E-state index >= 15 is 0 Å². The van der Waals surface area contributed by atoms with Crippen molar-refractivity contribution in [3.8, 4) is 5.75 Å². The monoisotopic (exact) mass is 376 g/mol. The van der Waals surface area contributed by atoms with E-state index in [0.29, 0.717) is 5.69 Å². The van der Waals surface area contributed by atoms with Crippen molar-refractivity contribution in [3.63, 3.8) is 0 Å². The van der Waals surface area contributed by atoms with E-state index in [9.17, 15) is 4.79 Å². The topological polar surface area (TPSA) is 58.9 Å². The van der Waals surface area contributed by atoms with Gasteiger partial charge in [0.05, 0.1) is 13.3 Å². The van der Waals surface area contributed by atoms with Crippen molar-refractivity contribution in [3.05, 3.63) is 65.6 Å². The second kappa shape index (κ2) is 6.63. The van der Waals surface area contributed by atoms with E-state index in [1.165, 1.54) is 11.1 Å². The standard InChI is InChI=1S/C22H24N4O2/c1-28-18-6-7-20-24-19(15-26(20)14-18)21(27)25-10-8-22(9-11-25)12-16-4-2-3-5-17(16)13-23-22/h2-7,14-15,23H,8-13H2,1H3. The molecule has 0 aliphatic carbocycles. The van der Waals surface area contributed by atoms with Gasteiger partial charge in [-0.2, -0.15) is 0 Å². The molecule has 0 atom stereocenters. The van der Waals surface area contributed by atoms with Gasteiger partial charge in [0.25, 0.3) is 5.91 Å². The fourth-order valence-corrected chi connectivity index (χ4v) is 4.46. The third-order valence-corrected chi connectivity index (χ3v) is 6.19. The average Bonchev–Trinajstić information content (AvgIpc) is 3.17. The third-order valence-electron chi connectivity index (χ3n) is 6.19. The van der Waals surface area contributed by atoms with Crippen LogP contribution in [0.1, 0.15) is 34.5 Å². The molecule has 6 nitrogen and oxygen atoms in total. The Morgan fingerprint density at radius 1 is 1.11 bits per heavy atom. The molecular formula is C22H24N4O2. The molecule has 1 amide bonds. The van der Waals surface area contributed by atoms with Gasteiger partial charge in [-0.1, -0.05) is 24.3 Å². The number of nitrogens with one attached hydrogen (secondary N) is 1. The summed E-state index contributed by atoms with van der Waals surface area (Å²) in [7, 11) is 1.63. The van der Waals surface area contributed by atoms with Crippen LogP contribution in [0, 0.1) is 0 Å². The normalized spacial score (nSPS) is 18.2. The third kappa shape index (κ3) is 2.94. The molecule has 0 unspecified atom stereocenters. The molecule has 0 bridgehead atoms. The number of methoxy groups -OCH3 is 1. The van der Waals surface area contributed by atoms with Crippen LogP contribution in [0.4, 0.5) is 0 Å². The molecule has 1 fully saturated rings. The molecule has 28 heavy (non-hydrogen) atoms. The first-order chi connectivity index (χ1) is 13.7. The van der Waals surface area contributed by atoms with E-state index < -0.39 is 0 Å². The molecule has 4 heterocycles. The maximum atomic E-state index is 13.0. The molecule has 0 saturated carbocycles. The number of fused-ring (bicyclic) bond motifs is 2. The number of imidazole rings is 1. The molecule has 1 spiro atoms. The number of carbonyl (C=O) groups is 1.